The lowest BCUT2D eigenvalue weighted by Gasteiger charge is -2.12. The molecule has 112 valence electrons. The summed E-state index contributed by atoms with van der Waals surface area (Å²) in [7, 11) is -3.12. The number of aliphatic hydroxyl groups excluding tert-OH is 1. The number of benzene rings is 1. The lowest BCUT2D eigenvalue weighted by atomic mass is 10.3. The number of sulfonamides is 1. The van der Waals surface area contributed by atoms with Crippen LogP contribution in [0, 0.1) is 5.82 Å². The fraction of sp³-hybridized carbons (Fsp3) is 0.300. The lowest BCUT2D eigenvalue weighted by Crippen LogP contribution is -2.37. The molecule has 1 aromatic carbocycles. The second-order valence-corrected chi connectivity index (χ2v) is 5.84. The van der Waals surface area contributed by atoms with Crippen molar-refractivity contribution in [3.05, 3.63) is 23.0 Å². The third-order valence-corrected chi connectivity index (χ3v) is 4.17. The molecule has 1 aromatic rings. The molecule has 0 radical (unpaired) electrons. The van der Waals surface area contributed by atoms with Gasteiger partial charge in [0, 0.05) is 6.54 Å². The Morgan fingerprint density at radius 2 is 2.20 bits per heavy atom. The Labute approximate surface area is 119 Å². The Kier molecular flexibility index (Phi) is 5.28. The number of aliphatic hydroxyl groups is 1. The van der Waals surface area contributed by atoms with Crippen LogP contribution in [0.3, 0.4) is 0 Å². The smallest absolute Gasteiger partial charge is 0.336 e. The normalized spacial score (nSPS) is 13.0. The highest BCUT2D eigenvalue weighted by atomic mass is 35.5. The number of hydrogen-bond donors (Lipinski definition) is 3. The fourth-order valence-electron chi connectivity index (χ4n) is 1.24. The lowest BCUT2D eigenvalue weighted by molar-refractivity contribution is -0.149. The van der Waals surface area contributed by atoms with Gasteiger partial charge in [-0.05, 0) is 12.1 Å². The molecule has 10 heteroatoms. The number of hydrogen-bond acceptors (Lipinski definition) is 6. The Morgan fingerprint density at radius 3 is 2.75 bits per heavy atom. The van der Waals surface area contributed by atoms with Crippen LogP contribution in [0.2, 0.25) is 5.02 Å². The Morgan fingerprint density at radius 1 is 1.60 bits per heavy atom. The molecule has 1 atom stereocenters. The zero-order valence-corrected chi connectivity index (χ0v) is 11.8. The standard InChI is InChI=1S/C10H12ClFN2O5S/c1-19-10(16)8(15)4-14-20(17,18)9-3-7(13)6(12)2-5(9)11/h2-3,8,14-15H,4,13H2,1H3. The molecule has 4 N–H and O–H groups in total. The van der Waals surface area contributed by atoms with Gasteiger partial charge in [-0.2, -0.15) is 0 Å². The van der Waals surface area contributed by atoms with E-state index >= 15 is 0 Å². The number of nitrogens with two attached hydrogens (primary N) is 1. The summed E-state index contributed by atoms with van der Waals surface area (Å²) in [5, 5.41) is 8.90. The fourth-order valence-corrected chi connectivity index (χ4v) is 2.82. The number of rotatable bonds is 5. The molecule has 1 rings (SSSR count). The maximum absolute atomic E-state index is 13.1. The van der Waals surface area contributed by atoms with E-state index in [0.29, 0.717) is 0 Å². The van der Waals surface area contributed by atoms with Crippen LogP contribution in [0.15, 0.2) is 17.0 Å². The quantitative estimate of drug-likeness (QED) is 0.512. The Hall–Kier alpha value is -1.42. The van der Waals surface area contributed by atoms with Crippen LogP contribution in [0.1, 0.15) is 0 Å². The van der Waals surface area contributed by atoms with Gasteiger partial charge in [-0.1, -0.05) is 11.6 Å². The van der Waals surface area contributed by atoms with Gasteiger partial charge in [0.05, 0.1) is 17.8 Å². The summed E-state index contributed by atoms with van der Waals surface area (Å²) in [6.07, 6.45) is -1.67. The minimum atomic E-state index is -4.16. The van der Waals surface area contributed by atoms with Crippen molar-refractivity contribution in [3.63, 3.8) is 0 Å². The number of nitrogen functional groups attached to an aromatic ring is 1. The van der Waals surface area contributed by atoms with E-state index in [0.717, 1.165) is 19.2 Å². The summed E-state index contributed by atoms with van der Waals surface area (Å²) >= 11 is 5.62. The first-order valence-electron chi connectivity index (χ1n) is 5.19. The molecule has 0 fully saturated rings. The molecule has 0 saturated heterocycles. The van der Waals surface area contributed by atoms with Crippen LogP contribution < -0.4 is 10.5 Å². The van der Waals surface area contributed by atoms with E-state index in [1.807, 2.05) is 4.72 Å². The first-order valence-corrected chi connectivity index (χ1v) is 7.05. The van der Waals surface area contributed by atoms with Gasteiger partial charge in [-0.3, -0.25) is 0 Å². The van der Waals surface area contributed by atoms with Gasteiger partial charge in [0.15, 0.2) is 6.10 Å². The first kappa shape index (κ1) is 16.6. The topological polar surface area (TPSA) is 119 Å². The second kappa shape index (κ2) is 6.35. The zero-order chi connectivity index (χ0) is 15.5. The van der Waals surface area contributed by atoms with Crippen molar-refractivity contribution in [2.45, 2.75) is 11.0 Å². The first-order chi connectivity index (χ1) is 9.19. The van der Waals surface area contributed by atoms with Crippen LogP contribution >= 0.6 is 11.6 Å². The van der Waals surface area contributed by atoms with Gasteiger partial charge in [-0.15, -0.1) is 0 Å². The summed E-state index contributed by atoms with van der Waals surface area (Å²) in [5.74, 6) is -1.86. The number of halogens is 2. The molecule has 0 amide bonds. The third kappa shape index (κ3) is 3.79. The molecule has 0 aliphatic carbocycles. The number of anilines is 1. The van der Waals surface area contributed by atoms with Crippen LogP contribution in [0.25, 0.3) is 0 Å². The molecule has 7 nitrogen and oxygen atoms in total. The van der Waals surface area contributed by atoms with Crippen molar-refractivity contribution in [1.82, 2.24) is 4.72 Å². The molecule has 0 aliphatic heterocycles. The number of methoxy groups -OCH3 is 1. The molecule has 0 aliphatic rings. The third-order valence-electron chi connectivity index (χ3n) is 2.28. The van der Waals surface area contributed by atoms with Gasteiger partial charge >= 0.3 is 5.97 Å². The van der Waals surface area contributed by atoms with E-state index in [9.17, 15) is 22.7 Å². The van der Waals surface area contributed by atoms with Crippen molar-refractivity contribution < 1.29 is 27.4 Å². The highest BCUT2D eigenvalue weighted by molar-refractivity contribution is 7.89. The highest BCUT2D eigenvalue weighted by Crippen LogP contribution is 2.26. The monoisotopic (exact) mass is 326 g/mol. The van der Waals surface area contributed by atoms with Crippen molar-refractivity contribution in [1.29, 1.82) is 0 Å². The number of carbonyl (C=O) groups is 1. The molecule has 0 saturated carbocycles. The molecule has 0 heterocycles. The minimum Gasteiger partial charge on any atom is -0.467 e. The van der Waals surface area contributed by atoms with Crippen molar-refractivity contribution in [3.8, 4) is 0 Å². The van der Waals surface area contributed by atoms with Crippen molar-refractivity contribution in [2.75, 3.05) is 19.4 Å². The minimum absolute atomic E-state index is 0.378. The summed E-state index contributed by atoms with van der Waals surface area (Å²) in [4.78, 5) is 10.5. The van der Waals surface area contributed by atoms with Gasteiger partial charge < -0.3 is 15.6 Å². The maximum Gasteiger partial charge on any atom is 0.336 e. The zero-order valence-electron chi connectivity index (χ0n) is 10.3. The average molecular weight is 327 g/mol. The van der Waals surface area contributed by atoms with E-state index < -0.39 is 45.0 Å². The Balaban J connectivity index is 2.95. The summed E-state index contributed by atoms with van der Waals surface area (Å²) in [6, 6.07) is 1.59. The van der Waals surface area contributed by atoms with E-state index in [1.54, 1.807) is 0 Å². The molecular weight excluding hydrogens is 315 g/mol. The second-order valence-electron chi connectivity index (χ2n) is 3.69. The van der Waals surface area contributed by atoms with Crippen LogP contribution in [-0.4, -0.2) is 39.3 Å². The predicted octanol–water partition coefficient (Wildman–Crippen LogP) is -0.126. The summed E-state index contributed by atoms with van der Waals surface area (Å²) < 4.78 is 43.0. The van der Waals surface area contributed by atoms with Crippen molar-refractivity contribution in [2.24, 2.45) is 0 Å². The van der Waals surface area contributed by atoms with Gasteiger partial charge in [0.1, 0.15) is 10.7 Å². The molecular formula is C10H12ClFN2O5S. The summed E-state index contributed by atoms with van der Waals surface area (Å²) in [5.41, 5.74) is 4.86. The number of ether oxygens (including phenoxy) is 1. The predicted molar refractivity (Wildman–Crippen MR) is 69.0 cm³/mol. The van der Waals surface area contributed by atoms with Gasteiger partial charge in [-0.25, -0.2) is 22.3 Å². The maximum atomic E-state index is 13.1. The number of carbonyl (C=O) groups excluding carboxylic acids is 1. The van der Waals surface area contributed by atoms with Crippen LogP contribution in [0.5, 0.6) is 0 Å². The number of esters is 1. The van der Waals surface area contributed by atoms with E-state index in [2.05, 4.69) is 4.74 Å². The van der Waals surface area contributed by atoms with Crippen molar-refractivity contribution >= 4 is 33.3 Å². The van der Waals surface area contributed by atoms with Gasteiger partial charge in [0.2, 0.25) is 10.0 Å². The number of nitrogens with one attached hydrogen (secondary N) is 1. The molecule has 20 heavy (non-hydrogen) atoms. The van der Waals surface area contributed by atoms with Crippen LogP contribution in [-0.2, 0) is 19.6 Å². The Bertz CT molecular complexity index is 622. The van der Waals surface area contributed by atoms with E-state index in [-0.39, 0.29) is 5.02 Å². The van der Waals surface area contributed by atoms with E-state index in [4.69, 9.17) is 17.3 Å². The molecule has 0 spiro atoms. The SMILES string of the molecule is COC(=O)C(O)CNS(=O)(=O)c1cc(N)c(F)cc1Cl. The highest BCUT2D eigenvalue weighted by Gasteiger charge is 2.23. The largest absolute Gasteiger partial charge is 0.467 e. The summed E-state index contributed by atoms with van der Waals surface area (Å²) in [6.45, 7) is -0.622. The molecule has 1 unspecified atom stereocenters. The van der Waals surface area contributed by atoms with Crippen LogP contribution in [0.4, 0.5) is 10.1 Å². The molecule has 0 aromatic heterocycles. The van der Waals surface area contributed by atoms with E-state index in [1.165, 1.54) is 0 Å². The molecule has 0 bridgehead atoms. The van der Waals surface area contributed by atoms with Gasteiger partial charge in [0.25, 0.3) is 0 Å². The average Bonchev–Trinajstić information content (AvgIpc) is 2.39.